The minimum atomic E-state index is -0.576. The third kappa shape index (κ3) is 4.07. The van der Waals surface area contributed by atoms with Crippen molar-refractivity contribution < 1.29 is 14.1 Å². The molecule has 0 saturated heterocycles. The van der Waals surface area contributed by atoms with Crippen LogP contribution in [0.4, 0.5) is 10.1 Å². The van der Waals surface area contributed by atoms with Crippen molar-refractivity contribution in [2.75, 3.05) is 13.3 Å². The van der Waals surface area contributed by atoms with Crippen LogP contribution in [0, 0.1) is 15.9 Å². The first-order valence-corrected chi connectivity index (χ1v) is 7.97. The van der Waals surface area contributed by atoms with Gasteiger partial charge >= 0.3 is 0 Å². The molecule has 2 aromatic carbocycles. The van der Waals surface area contributed by atoms with Crippen LogP contribution >= 0.6 is 11.8 Å². The lowest BCUT2D eigenvalue weighted by Crippen LogP contribution is -2.27. The molecule has 120 valence electrons. The quantitative estimate of drug-likeness (QED) is 0.475. The summed E-state index contributed by atoms with van der Waals surface area (Å²) in [7, 11) is 1.53. The Bertz CT molecular complexity index is 752. The van der Waals surface area contributed by atoms with Gasteiger partial charge in [0.1, 0.15) is 11.4 Å². The molecule has 0 aliphatic heterocycles. The van der Waals surface area contributed by atoms with E-state index in [2.05, 4.69) is 0 Å². The maximum atomic E-state index is 13.2. The highest BCUT2D eigenvalue weighted by atomic mass is 32.2. The molecule has 0 unspecified atom stereocenters. The van der Waals surface area contributed by atoms with Crippen molar-refractivity contribution >= 4 is 23.4 Å². The number of thioether (sulfide) groups is 1. The Labute approximate surface area is 137 Å². The Balaban J connectivity index is 2.29. The van der Waals surface area contributed by atoms with Crippen LogP contribution in [0.2, 0.25) is 0 Å². The standard InChI is InChI=1S/C16H15FN2O3S/c1-18(10-11-4-3-5-12(17)8-11)16(20)14-9-13(23-2)6-7-15(14)19(21)22/h3-9H,10H2,1-2H3. The minimum Gasteiger partial charge on any atom is -0.337 e. The Hall–Kier alpha value is -2.41. The first-order valence-electron chi connectivity index (χ1n) is 6.74. The van der Waals surface area contributed by atoms with E-state index in [4.69, 9.17) is 0 Å². The van der Waals surface area contributed by atoms with Crippen molar-refractivity contribution in [2.45, 2.75) is 11.4 Å². The van der Waals surface area contributed by atoms with Gasteiger partial charge in [0.25, 0.3) is 11.6 Å². The zero-order chi connectivity index (χ0) is 17.0. The highest BCUT2D eigenvalue weighted by Crippen LogP contribution is 2.26. The predicted molar refractivity (Wildman–Crippen MR) is 87.1 cm³/mol. The molecule has 0 N–H and O–H groups in total. The number of nitro benzene ring substituents is 1. The summed E-state index contributed by atoms with van der Waals surface area (Å²) in [5.74, 6) is -0.865. The number of nitro groups is 1. The first kappa shape index (κ1) is 17.0. The van der Waals surface area contributed by atoms with Crippen LogP contribution in [0.25, 0.3) is 0 Å². The predicted octanol–water partition coefficient (Wildman–Crippen LogP) is 3.73. The maximum absolute atomic E-state index is 13.2. The lowest BCUT2D eigenvalue weighted by atomic mass is 10.1. The van der Waals surface area contributed by atoms with E-state index < -0.39 is 16.6 Å². The summed E-state index contributed by atoms with van der Waals surface area (Å²) in [6, 6.07) is 10.3. The fourth-order valence-electron chi connectivity index (χ4n) is 2.16. The summed E-state index contributed by atoms with van der Waals surface area (Å²) in [6.45, 7) is 0.164. The fourth-order valence-corrected chi connectivity index (χ4v) is 2.60. The summed E-state index contributed by atoms with van der Waals surface area (Å²) < 4.78 is 13.2. The van der Waals surface area contributed by atoms with E-state index in [1.807, 2.05) is 6.26 Å². The molecule has 0 atom stereocenters. The third-order valence-electron chi connectivity index (χ3n) is 3.29. The van der Waals surface area contributed by atoms with E-state index in [0.717, 1.165) is 4.90 Å². The van der Waals surface area contributed by atoms with E-state index >= 15 is 0 Å². The van der Waals surface area contributed by atoms with E-state index in [0.29, 0.717) is 5.56 Å². The van der Waals surface area contributed by atoms with Crippen LogP contribution in [-0.4, -0.2) is 29.0 Å². The number of rotatable bonds is 5. The van der Waals surface area contributed by atoms with Gasteiger partial charge in [-0.2, -0.15) is 0 Å². The second kappa shape index (κ2) is 7.23. The molecule has 0 saturated carbocycles. The molecule has 0 aliphatic carbocycles. The summed E-state index contributed by atoms with van der Waals surface area (Å²) in [4.78, 5) is 25.2. The van der Waals surface area contributed by atoms with Gasteiger partial charge in [-0.15, -0.1) is 11.8 Å². The number of hydrogen-bond donors (Lipinski definition) is 0. The highest BCUT2D eigenvalue weighted by Gasteiger charge is 2.23. The van der Waals surface area contributed by atoms with E-state index in [1.54, 1.807) is 18.2 Å². The molecule has 7 heteroatoms. The zero-order valence-corrected chi connectivity index (χ0v) is 13.5. The van der Waals surface area contributed by atoms with Crippen molar-refractivity contribution in [3.05, 3.63) is 69.5 Å². The van der Waals surface area contributed by atoms with E-state index in [-0.39, 0.29) is 17.8 Å². The van der Waals surface area contributed by atoms with E-state index in [9.17, 15) is 19.3 Å². The Morgan fingerprint density at radius 2 is 2.04 bits per heavy atom. The molecule has 23 heavy (non-hydrogen) atoms. The van der Waals surface area contributed by atoms with Gasteiger partial charge in [0.15, 0.2) is 0 Å². The van der Waals surface area contributed by atoms with Crippen LogP contribution in [0.1, 0.15) is 15.9 Å². The fraction of sp³-hybridized carbons (Fsp3) is 0.188. The summed E-state index contributed by atoms with van der Waals surface area (Å²) >= 11 is 1.40. The van der Waals surface area contributed by atoms with Gasteiger partial charge in [-0.3, -0.25) is 14.9 Å². The molecular formula is C16H15FN2O3S. The molecule has 0 bridgehead atoms. The van der Waals surface area contributed by atoms with Crippen LogP contribution in [0.3, 0.4) is 0 Å². The largest absolute Gasteiger partial charge is 0.337 e. The van der Waals surface area contributed by atoms with Gasteiger partial charge in [0.2, 0.25) is 0 Å². The number of carbonyl (C=O) groups is 1. The number of halogens is 1. The first-order chi connectivity index (χ1) is 10.9. The maximum Gasteiger partial charge on any atom is 0.282 e. The van der Waals surface area contributed by atoms with Gasteiger partial charge in [-0.05, 0) is 36.1 Å². The number of hydrogen-bond acceptors (Lipinski definition) is 4. The second-order valence-electron chi connectivity index (χ2n) is 4.93. The van der Waals surface area contributed by atoms with Crippen molar-refractivity contribution in [1.29, 1.82) is 0 Å². The van der Waals surface area contributed by atoms with Crippen LogP contribution < -0.4 is 0 Å². The molecule has 0 aromatic heterocycles. The topological polar surface area (TPSA) is 63.5 Å². The Morgan fingerprint density at radius 1 is 1.30 bits per heavy atom. The normalized spacial score (nSPS) is 10.4. The highest BCUT2D eigenvalue weighted by molar-refractivity contribution is 7.98. The number of carbonyl (C=O) groups excluding carboxylic acids is 1. The average Bonchev–Trinajstić information content (AvgIpc) is 2.53. The van der Waals surface area contributed by atoms with Gasteiger partial charge in [-0.25, -0.2) is 4.39 Å². The second-order valence-corrected chi connectivity index (χ2v) is 5.81. The summed E-state index contributed by atoms with van der Waals surface area (Å²) in [5.41, 5.74) is 0.407. The van der Waals surface area contributed by atoms with Gasteiger partial charge in [-0.1, -0.05) is 12.1 Å². The summed E-state index contributed by atoms with van der Waals surface area (Å²) in [6.07, 6.45) is 1.83. The molecule has 0 fully saturated rings. The van der Waals surface area contributed by atoms with Crippen molar-refractivity contribution in [1.82, 2.24) is 4.90 Å². The van der Waals surface area contributed by atoms with Crippen LogP contribution in [-0.2, 0) is 6.54 Å². The monoisotopic (exact) mass is 334 g/mol. The lowest BCUT2D eigenvalue weighted by molar-refractivity contribution is -0.385. The molecule has 2 rings (SSSR count). The SMILES string of the molecule is CSc1ccc([N+](=O)[O-])c(C(=O)N(C)Cc2cccc(F)c2)c1. The number of nitrogens with zero attached hydrogens (tertiary/aromatic N) is 2. The molecule has 1 amide bonds. The molecule has 0 aliphatic rings. The number of amides is 1. The van der Waals surface area contributed by atoms with Gasteiger partial charge in [0.05, 0.1) is 4.92 Å². The Morgan fingerprint density at radius 3 is 2.65 bits per heavy atom. The smallest absolute Gasteiger partial charge is 0.282 e. The molecule has 0 spiro atoms. The average molecular weight is 334 g/mol. The Kier molecular flexibility index (Phi) is 5.33. The molecule has 0 radical (unpaired) electrons. The lowest BCUT2D eigenvalue weighted by Gasteiger charge is -2.17. The van der Waals surface area contributed by atoms with E-state index in [1.165, 1.54) is 48.0 Å². The van der Waals surface area contributed by atoms with Gasteiger partial charge in [0, 0.05) is 24.6 Å². The van der Waals surface area contributed by atoms with Crippen LogP contribution in [0.15, 0.2) is 47.4 Å². The molecular weight excluding hydrogens is 319 g/mol. The van der Waals surface area contributed by atoms with Crippen LogP contribution in [0.5, 0.6) is 0 Å². The minimum absolute atomic E-state index is 0.0285. The van der Waals surface area contributed by atoms with Crippen molar-refractivity contribution in [3.63, 3.8) is 0 Å². The third-order valence-corrected chi connectivity index (χ3v) is 4.01. The number of benzene rings is 2. The summed E-state index contributed by atoms with van der Waals surface area (Å²) in [5, 5.41) is 11.1. The van der Waals surface area contributed by atoms with Crippen molar-refractivity contribution in [3.8, 4) is 0 Å². The molecule has 5 nitrogen and oxygen atoms in total. The molecule has 0 heterocycles. The van der Waals surface area contributed by atoms with Crippen molar-refractivity contribution in [2.24, 2.45) is 0 Å². The van der Waals surface area contributed by atoms with Gasteiger partial charge < -0.3 is 4.90 Å². The zero-order valence-electron chi connectivity index (χ0n) is 12.7. The molecule has 2 aromatic rings.